The predicted octanol–water partition coefficient (Wildman–Crippen LogP) is 0.319. The third kappa shape index (κ3) is 1.46. The molecule has 0 atom stereocenters. The van der Waals surface area contributed by atoms with Crippen LogP contribution < -0.4 is 5.32 Å². The molecule has 0 bridgehead atoms. The number of esters is 1. The molecule has 6 heteroatoms. The van der Waals surface area contributed by atoms with Gasteiger partial charge in [-0.15, -0.1) is 0 Å². The van der Waals surface area contributed by atoms with Crippen LogP contribution in [0, 0.1) is 0 Å². The molecule has 6 nitrogen and oxygen atoms in total. The van der Waals surface area contributed by atoms with Gasteiger partial charge >= 0.3 is 5.97 Å². The topological polar surface area (TPSA) is 68.5 Å². The van der Waals surface area contributed by atoms with Crippen molar-refractivity contribution in [3.8, 4) is 0 Å². The summed E-state index contributed by atoms with van der Waals surface area (Å²) < 4.78 is 6.33. The molecule has 0 aromatic carbocycles. The van der Waals surface area contributed by atoms with Crippen LogP contribution in [0.1, 0.15) is 17.4 Å². The predicted molar refractivity (Wildman–Crippen MR) is 50.6 cm³/mol. The standard InChI is InChI=1S/C8H10N4O2/c1-2-14-8(13)6-3-7-10-4-9-5-12(7)11-6/h3,5,10H,2,4H2,1H3. The normalized spacial score (nSPS) is 13.2. The second-order valence-electron chi connectivity index (χ2n) is 2.71. The highest BCUT2D eigenvalue weighted by molar-refractivity contribution is 5.89. The van der Waals surface area contributed by atoms with E-state index in [9.17, 15) is 4.79 Å². The molecular weight excluding hydrogens is 184 g/mol. The van der Waals surface area contributed by atoms with E-state index in [4.69, 9.17) is 4.74 Å². The van der Waals surface area contributed by atoms with Gasteiger partial charge in [-0.05, 0) is 6.92 Å². The fourth-order valence-corrected chi connectivity index (χ4v) is 1.16. The van der Waals surface area contributed by atoms with Crippen LogP contribution in [0.4, 0.5) is 5.82 Å². The third-order valence-corrected chi connectivity index (χ3v) is 1.76. The molecule has 2 heterocycles. The zero-order valence-electron chi connectivity index (χ0n) is 7.73. The molecule has 0 spiro atoms. The second kappa shape index (κ2) is 3.49. The summed E-state index contributed by atoms with van der Waals surface area (Å²) in [6.45, 7) is 2.62. The Morgan fingerprint density at radius 2 is 2.64 bits per heavy atom. The largest absolute Gasteiger partial charge is 0.461 e. The number of rotatable bonds is 2. The maximum atomic E-state index is 11.3. The highest BCUT2D eigenvalue weighted by atomic mass is 16.5. The molecule has 74 valence electrons. The van der Waals surface area contributed by atoms with E-state index in [0.717, 1.165) is 5.82 Å². The smallest absolute Gasteiger partial charge is 0.358 e. The molecule has 0 radical (unpaired) electrons. The van der Waals surface area contributed by atoms with Gasteiger partial charge < -0.3 is 10.1 Å². The molecule has 1 aliphatic rings. The van der Waals surface area contributed by atoms with Gasteiger partial charge in [0.25, 0.3) is 0 Å². The quantitative estimate of drug-likeness (QED) is 0.688. The summed E-state index contributed by atoms with van der Waals surface area (Å²) in [5.41, 5.74) is 0.294. The number of nitrogens with zero attached hydrogens (tertiary/aromatic N) is 3. The van der Waals surface area contributed by atoms with Crippen molar-refractivity contribution in [1.29, 1.82) is 0 Å². The highest BCUT2D eigenvalue weighted by Gasteiger charge is 2.15. The molecule has 1 aliphatic heterocycles. The number of aliphatic imine (C=N–C) groups is 1. The van der Waals surface area contributed by atoms with E-state index in [1.54, 1.807) is 19.3 Å². The van der Waals surface area contributed by atoms with Crippen LogP contribution in [-0.2, 0) is 4.74 Å². The fraction of sp³-hybridized carbons (Fsp3) is 0.375. The number of carbonyl (C=O) groups excluding carboxylic acids is 1. The molecule has 1 aromatic rings. The zero-order valence-corrected chi connectivity index (χ0v) is 7.73. The van der Waals surface area contributed by atoms with Crippen LogP contribution in [0.2, 0.25) is 0 Å². The molecule has 1 N–H and O–H groups in total. The summed E-state index contributed by atoms with van der Waals surface area (Å²) in [5, 5.41) is 6.97. The SMILES string of the molecule is CCOC(=O)c1cc2n(n1)C=NCN2. The van der Waals surface area contributed by atoms with Crippen LogP contribution in [0.3, 0.4) is 0 Å². The molecule has 2 rings (SSSR count). The molecule has 1 aromatic heterocycles. The molecule has 0 fully saturated rings. The van der Waals surface area contributed by atoms with Gasteiger partial charge in [-0.25, -0.2) is 9.48 Å². The van der Waals surface area contributed by atoms with Crippen molar-refractivity contribution in [3.05, 3.63) is 11.8 Å². The first-order valence-electron chi connectivity index (χ1n) is 4.31. The summed E-state index contributed by atoms with van der Waals surface area (Å²) in [4.78, 5) is 15.2. The average molecular weight is 194 g/mol. The van der Waals surface area contributed by atoms with Crippen molar-refractivity contribution in [1.82, 2.24) is 9.78 Å². The average Bonchev–Trinajstić information content (AvgIpc) is 2.61. The first kappa shape index (κ1) is 8.74. The number of anilines is 1. The van der Waals surface area contributed by atoms with E-state index >= 15 is 0 Å². The van der Waals surface area contributed by atoms with E-state index in [1.165, 1.54) is 4.68 Å². The van der Waals surface area contributed by atoms with Gasteiger partial charge in [-0.3, -0.25) is 4.99 Å². The summed E-state index contributed by atoms with van der Waals surface area (Å²) >= 11 is 0. The van der Waals surface area contributed by atoms with Gasteiger partial charge in [0, 0.05) is 6.07 Å². The first-order chi connectivity index (χ1) is 6.81. The Hall–Kier alpha value is -1.85. The van der Waals surface area contributed by atoms with Crippen molar-refractivity contribution in [3.63, 3.8) is 0 Å². The van der Waals surface area contributed by atoms with Crippen molar-refractivity contribution < 1.29 is 9.53 Å². The highest BCUT2D eigenvalue weighted by Crippen LogP contribution is 2.11. The summed E-state index contributed by atoms with van der Waals surface area (Å²) in [5.74, 6) is 0.340. The lowest BCUT2D eigenvalue weighted by atomic mass is 10.4. The fourth-order valence-electron chi connectivity index (χ4n) is 1.16. The van der Waals surface area contributed by atoms with E-state index in [1.807, 2.05) is 0 Å². The minimum absolute atomic E-state index is 0.294. The van der Waals surface area contributed by atoms with Crippen molar-refractivity contribution in [2.45, 2.75) is 6.92 Å². The lowest BCUT2D eigenvalue weighted by molar-refractivity contribution is 0.0519. The Morgan fingerprint density at radius 1 is 1.79 bits per heavy atom. The van der Waals surface area contributed by atoms with Gasteiger partial charge in [0.2, 0.25) is 0 Å². The molecule has 0 aliphatic carbocycles. The number of hydrogen-bond acceptors (Lipinski definition) is 5. The number of ether oxygens (including phenoxy) is 1. The lowest BCUT2D eigenvalue weighted by Crippen LogP contribution is -2.13. The maximum Gasteiger partial charge on any atom is 0.358 e. The number of fused-ring (bicyclic) bond motifs is 1. The lowest BCUT2D eigenvalue weighted by Gasteiger charge is -2.06. The Kier molecular flexibility index (Phi) is 2.18. The number of hydrogen-bond donors (Lipinski definition) is 1. The van der Waals surface area contributed by atoms with E-state index in [-0.39, 0.29) is 0 Å². The number of nitrogens with one attached hydrogen (secondary N) is 1. The van der Waals surface area contributed by atoms with Crippen molar-refractivity contribution >= 4 is 18.1 Å². The first-order valence-corrected chi connectivity index (χ1v) is 4.31. The molecule has 0 amide bonds. The molecular formula is C8H10N4O2. The maximum absolute atomic E-state index is 11.3. The second-order valence-corrected chi connectivity index (χ2v) is 2.71. The molecule has 0 saturated carbocycles. The molecule has 0 unspecified atom stereocenters. The van der Waals surface area contributed by atoms with Gasteiger partial charge in [0.15, 0.2) is 5.69 Å². The molecule has 14 heavy (non-hydrogen) atoms. The zero-order chi connectivity index (χ0) is 9.97. The van der Waals surface area contributed by atoms with Gasteiger partial charge in [0.1, 0.15) is 18.8 Å². The van der Waals surface area contributed by atoms with Crippen LogP contribution in [0.25, 0.3) is 0 Å². The number of aromatic nitrogens is 2. The monoisotopic (exact) mass is 194 g/mol. The van der Waals surface area contributed by atoms with Crippen LogP contribution in [0.5, 0.6) is 0 Å². The Bertz CT molecular complexity index is 383. The van der Waals surface area contributed by atoms with E-state index < -0.39 is 5.97 Å². The minimum Gasteiger partial charge on any atom is -0.461 e. The van der Waals surface area contributed by atoms with Gasteiger partial charge in [0.05, 0.1) is 6.61 Å². The number of carbonyl (C=O) groups is 1. The van der Waals surface area contributed by atoms with Crippen LogP contribution >= 0.6 is 0 Å². The summed E-state index contributed by atoms with van der Waals surface area (Å²) in [6, 6.07) is 1.64. The van der Waals surface area contributed by atoms with Crippen molar-refractivity contribution in [2.24, 2.45) is 4.99 Å². The van der Waals surface area contributed by atoms with E-state index in [2.05, 4.69) is 15.4 Å². The van der Waals surface area contributed by atoms with E-state index in [0.29, 0.717) is 19.0 Å². The Morgan fingerprint density at radius 3 is 3.36 bits per heavy atom. The third-order valence-electron chi connectivity index (χ3n) is 1.76. The van der Waals surface area contributed by atoms with Gasteiger partial charge in [-0.1, -0.05) is 0 Å². The molecule has 0 saturated heterocycles. The van der Waals surface area contributed by atoms with Crippen molar-refractivity contribution in [2.75, 3.05) is 18.6 Å². The van der Waals surface area contributed by atoms with Gasteiger partial charge in [-0.2, -0.15) is 5.10 Å². The van der Waals surface area contributed by atoms with Crippen LogP contribution in [-0.4, -0.2) is 35.4 Å². The summed E-state index contributed by atoms with van der Waals surface area (Å²) in [7, 11) is 0. The van der Waals surface area contributed by atoms with Crippen LogP contribution in [0.15, 0.2) is 11.1 Å². The summed E-state index contributed by atoms with van der Waals surface area (Å²) in [6.07, 6.45) is 1.56. The minimum atomic E-state index is -0.412. The Balaban J connectivity index is 2.24. The Labute approximate surface area is 80.6 Å².